The van der Waals surface area contributed by atoms with Gasteiger partial charge in [-0.05, 0) is 6.42 Å². The molecular formula is C9H21O2SSn. The van der Waals surface area contributed by atoms with Crippen LogP contribution >= 0.6 is 12.6 Å². The molecule has 0 aromatic rings. The molecule has 0 saturated heterocycles. The summed E-state index contributed by atoms with van der Waals surface area (Å²) in [6.45, 7) is 2.59. The molecule has 0 aliphatic heterocycles. The van der Waals surface area contributed by atoms with Crippen LogP contribution in [0.5, 0.6) is 0 Å². The molecule has 0 N–H and O–H groups in total. The van der Waals surface area contributed by atoms with E-state index in [-0.39, 0.29) is 11.7 Å². The fourth-order valence-electron chi connectivity index (χ4n) is 0.376. The Kier molecular flexibility index (Phi) is 15.6. The van der Waals surface area contributed by atoms with Crippen LogP contribution in [0.15, 0.2) is 0 Å². The molecule has 0 bridgehead atoms. The number of carbonyl (C=O) groups excluding carboxylic acids is 1. The van der Waals surface area contributed by atoms with Crippen molar-refractivity contribution in [2.45, 2.75) is 34.6 Å². The molecule has 0 spiro atoms. The summed E-state index contributed by atoms with van der Waals surface area (Å²) in [6.07, 6.45) is 2.00. The molecule has 0 unspecified atom stereocenters. The molecule has 0 atom stereocenters. The third kappa shape index (κ3) is 24.5. The van der Waals surface area contributed by atoms with E-state index in [9.17, 15) is 4.79 Å². The molecule has 1 radical (unpaired) electrons. The first kappa shape index (κ1) is 16.1. The molecule has 0 rings (SSSR count). The normalized spacial score (nSPS) is 9.08. The van der Waals surface area contributed by atoms with Gasteiger partial charge in [-0.2, -0.15) is 12.6 Å². The van der Waals surface area contributed by atoms with Gasteiger partial charge in [-0.25, -0.2) is 0 Å². The molecule has 0 aliphatic rings. The molecule has 13 heavy (non-hydrogen) atoms. The van der Waals surface area contributed by atoms with Crippen molar-refractivity contribution < 1.29 is 9.53 Å². The van der Waals surface area contributed by atoms with Crippen molar-refractivity contribution in [2.24, 2.45) is 0 Å². The van der Waals surface area contributed by atoms with Crippen molar-refractivity contribution in [1.29, 1.82) is 0 Å². The number of hydrogen-bond acceptors (Lipinski definition) is 3. The van der Waals surface area contributed by atoms with Crippen LogP contribution in [-0.2, 0) is 9.53 Å². The number of hydrogen-bond donors (Lipinski definition) is 1. The average molecular weight is 312 g/mol. The number of unbranched alkanes of at least 4 members (excludes halogenated alkanes) is 1. The van der Waals surface area contributed by atoms with E-state index in [1.165, 1.54) is 0 Å². The van der Waals surface area contributed by atoms with E-state index >= 15 is 0 Å². The Morgan fingerprint density at radius 1 is 1.38 bits per heavy atom. The number of esters is 1. The van der Waals surface area contributed by atoms with Crippen LogP contribution in [0, 0.1) is 0 Å². The third-order valence-electron chi connectivity index (χ3n) is 0.890. The van der Waals surface area contributed by atoms with E-state index in [2.05, 4.69) is 34.4 Å². The summed E-state index contributed by atoms with van der Waals surface area (Å²) in [5, 5.41) is 0. The quantitative estimate of drug-likeness (QED) is 0.374. The zero-order valence-corrected chi connectivity index (χ0v) is 12.8. The molecule has 0 saturated carbocycles. The Bertz CT molecular complexity index is 115. The van der Waals surface area contributed by atoms with Crippen LogP contribution in [0.1, 0.15) is 19.8 Å². The van der Waals surface area contributed by atoms with E-state index in [0.717, 1.165) is 12.8 Å². The number of thiol groups is 1. The van der Waals surface area contributed by atoms with Gasteiger partial charge in [-0.1, -0.05) is 13.3 Å². The Morgan fingerprint density at radius 3 is 2.15 bits per heavy atom. The Labute approximate surface area is 94.6 Å². The summed E-state index contributed by atoms with van der Waals surface area (Å²) >= 11 is 3.20. The predicted molar refractivity (Wildman–Crippen MR) is 63.1 cm³/mol. The maximum absolute atomic E-state index is 10.4. The SMILES string of the molecule is CCCCOC(=O)CS.[CH3][Sn]([CH3])[CH3]. The summed E-state index contributed by atoms with van der Waals surface area (Å²) in [7, 11) is 0. The minimum absolute atomic E-state index is 0.184. The second kappa shape index (κ2) is 12.6. The van der Waals surface area contributed by atoms with Crippen LogP contribution in [0.4, 0.5) is 0 Å². The zero-order chi connectivity index (χ0) is 10.7. The van der Waals surface area contributed by atoms with Gasteiger partial charge in [0, 0.05) is 0 Å². The number of carbonyl (C=O) groups is 1. The van der Waals surface area contributed by atoms with Gasteiger partial charge in [0.1, 0.15) is 0 Å². The standard InChI is InChI=1S/C6H12O2S.3CH3.Sn/c1-2-3-4-8-6(7)5-9;;;;/h9H,2-5H2,1H3;3*1H3;. The first-order valence-corrected chi connectivity index (χ1v) is 13.8. The van der Waals surface area contributed by atoms with Gasteiger partial charge in [0.05, 0.1) is 12.4 Å². The molecule has 0 amide bonds. The average Bonchev–Trinajstić information content (AvgIpc) is 2.03. The van der Waals surface area contributed by atoms with E-state index in [0.29, 0.717) is 6.61 Å². The molecule has 79 valence electrons. The van der Waals surface area contributed by atoms with Gasteiger partial charge in [-0.15, -0.1) is 0 Å². The second-order valence-corrected chi connectivity index (χ2v) is 12.1. The van der Waals surface area contributed by atoms with Gasteiger partial charge in [-0.3, -0.25) is 4.79 Å². The first-order chi connectivity index (χ1) is 6.04. The Balaban J connectivity index is 0. The molecule has 4 heteroatoms. The fourth-order valence-corrected chi connectivity index (χ4v) is 0.467. The van der Waals surface area contributed by atoms with Gasteiger partial charge in [0.2, 0.25) is 0 Å². The minimum atomic E-state index is -0.543. The van der Waals surface area contributed by atoms with Crippen LogP contribution in [0.25, 0.3) is 0 Å². The van der Waals surface area contributed by atoms with E-state index in [1.807, 2.05) is 0 Å². The molecule has 0 aromatic carbocycles. The van der Waals surface area contributed by atoms with Crippen molar-refractivity contribution in [3.05, 3.63) is 0 Å². The van der Waals surface area contributed by atoms with Crippen LogP contribution in [0.2, 0.25) is 14.8 Å². The topological polar surface area (TPSA) is 26.3 Å². The van der Waals surface area contributed by atoms with Gasteiger partial charge in [0.25, 0.3) is 0 Å². The Hall–Kier alpha value is 0.619. The monoisotopic (exact) mass is 313 g/mol. The fraction of sp³-hybridized carbons (Fsp3) is 0.889. The molecular weight excluding hydrogens is 291 g/mol. The summed E-state index contributed by atoms with van der Waals surface area (Å²) in [5.74, 6) is -0.0456. The summed E-state index contributed by atoms with van der Waals surface area (Å²) in [5.41, 5.74) is 0. The maximum atomic E-state index is 10.4. The predicted octanol–water partition coefficient (Wildman–Crippen LogP) is 2.63. The van der Waals surface area contributed by atoms with E-state index < -0.39 is 19.8 Å². The van der Waals surface area contributed by atoms with Crippen molar-refractivity contribution in [3.8, 4) is 0 Å². The van der Waals surface area contributed by atoms with Crippen molar-refractivity contribution in [1.82, 2.24) is 0 Å². The van der Waals surface area contributed by atoms with E-state index in [1.54, 1.807) is 0 Å². The van der Waals surface area contributed by atoms with Crippen molar-refractivity contribution >= 4 is 38.4 Å². The van der Waals surface area contributed by atoms with Crippen LogP contribution in [0.3, 0.4) is 0 Å². The van der Waals surface area contributed by atoms with Gasteiger partial charge >= 0.3 is 40.5 Å². The van der Waals surface area contributed by atoms with Gasteiger partial charge in [0.15, 0.2) is 0 Å². The van der Waals surface area contributed by atoms with Crippen molar-refractivity contribution in [3.63, 3.8) is 0 Å². The summed E-state index contributed by atoms with van der Waals surface area (Å²) in [6, 6.07) is 0. The summed E-state index contributed by atoms with van der Waals surface area (Å²) in [4.78, 5) is 17.5. The third-order valence-corrected chi connectivity index (χ3v) is 1.15. The van der Waals surface area contributed by atoms with Gasteiger partial charge < -0.3 is 4.74 Å². The molecule has 2 nitrogen and oxygen atoms in total. The second-order valence-electron chi connectivity index (χ2n) is 3.23. The molecule has 0 heterocycles. The van der Waals surface area contributed by atoms with Crippen LogP contribution in [-0.4, -0.2) is 38.1 Å². The zero-order valence-electron chi connectivity index (χ0n) is 9.09. The molecule has 0 aliphatic carbocycles. The number of ether oxygens (including phenoxy) is 1. The van der Waals surface area contributed by atoms with Crippen LogP contribution < -0.4 is 0 Å². The number of rotatable bonds is 4. The van der Waals surface area contributed by atoms with Crippen molar-refractivity contribution in [2.75, 3.05) is 12.4 Å². The summed E-state index contributed by atoms with van der Waals surface area (Å²) < 4.78 is 4.72. The Morgan fingerprint density at radius 2 is 1.85 bits per heavy atom. The molecule has 0 fully saturated rings. The first-order valence-electron chi connectivity index (χ1n) is 4.57. The molecule has 0 aromatic heterocycles. The van der Waals surface area contributed by atoms with E-state index in [4.69, 9.17) is 4.74 Å².